The Labute approximate surface area is 105 Å². The molecule has 1 N–H and O–H groups in total. The number of thiocarbonyl (C=S) groups is 1. The molecule has 0 unspecified atom stereocenters. The number of nitrogens with zero attached hydrogens (tertiary/aromatic N) is 1. The van der Waals surface area contributed by atoms with Gasteiger partial charge < -0.3 is 24.8 Å². The van der Waals surface area contributed by atoms with Gasteiger partial charge >= 0.3 is 39.9 Å². The second-order valence-electron chi connectivity index (χ2n) is 1.82. The maximum atomic E-state index is 10.5. The maximum absolute atomic E-state index is 10.5. The molecule has 0 aliphatic rings. The minimum Gasteiger partial charge on any atom is -0.410 e. The second kappa shape index (κ2) is 6.47. The summed E-state index contributed by atoms with van der Waals surface area (Å²) in [5.41, 5.74) is 0. The van der Waals surface area contributed by atoms with Crippen LogP contribution in [0.3, 0.4) is 0 Å². The summed E-state index contributed by atoms with van der Waals surface area (Å²) in [4.78, 5) is 0. The molecule has 0 aliphatic heterocycles. The van der Waals surface area contributed by atoms with E-state index in [1.165, 1.54) is 0 Å². The first kappa shape index (κ1) is 15.5. The zero-order chi connectivity index (χ0) is 9.07. The van der Waals surface area contributed by atoms with E-state index in [0.717, 1.165) is 0 Å². The van der Waals surface area contributed by atoms with E-state index < -0.39 is 10.3 Å². The zero-order valence-corrected chi connectivity index (χ0v) is 11.3. The summed E-state index contributed by atoms with van der Waals surface area (Å²) in [7, 11) is -4.24. The van der Waals surface area contributed by atoms with Crippen LogP contribution in [-0.4, -0.2) is 28.1 Å². The molecule has 0 aromatic rings. The van der Waals surface area contributed by atoms with Crippen molar-refractivity contribution in [2.75, 3.05) is 6.54 Å². The Morgan fingerprint density at radius 3 is 2.17 bits per heavy atom. The third-order valence-corrected chi connectivity index (χ3v) is 2.50. The zero-order valence-electron chi connectivity index (χ0n) is 6.85. The summed E-state index contributed by atoms with van der Waals surface area (Å²) in [6, 6.07) is 0. The van der Waals surface area contributed by atoms with Crippen LogP contribution in [0.15, 0.2) is 0 Å². The molecule has 4 nitrogen and oxygen atoms in total. The predicted octanol–water partition coefficient (Wildman–Crippen LogP) is -2.66. The van der Waals surface area contributed by atoms with Crippen molar-refractivity contribution in [3.05, 3.63) is 0 Å². The monoisotopic (exact) mass is 237 g/mol. The van der Waals surface area contributed by atoms with Crippen LogP contribution >= 0.6 is 12.2 Å². The first-order valence-corrected chi connectivity index (χ1v) is 5.07. The average Bonchev–Trinajstić information content (AvgIpc) is 1.79. The molecular weight excluding hydrogens is 229 g/mol. The minimum atomic E-state index is -4.24. The normalized spacial score (nSPS) is 10.2. The van der Waals surface area contributed by atoms with Crippen molar-refractivity contribution in [2.45, 2.75) is 13.3 Å². The topological polar surface area (TPSA) is 57.6 Å². The molecule has 0 rings (SSSR count). The molecule has 0 amide bonds. The molecule has 0 atom stereocenters. The van der Waals surface area contributed by atoms with E-state index in [2.05, 4.69) is 24.8 Å². The van der Waals surface area contributed by atoms with Gasteiger partial charge in [-0.3, -0.25) is 8.86 Å². The van der Waals surface area contributed by atoms with E-state index in [4.69, 9.17) is 4.55 Å². The number of hydrogen-bond acceptors (Lipinski definition) is 4. The van der Waals surface area contributed by atoms with Crippen molar-refractivity contribution >= 4 is 39.5 Å². The fraction of sp³-hybridized carbons (Fsp3) is 0.750. The summed E-state index contributed by atoms with van der Waals surface area (Å²) < 4.78 is 29.9. The van der Waals surface area contributed by atoms with Gasteiger partial charge in [-0.2, -0.15) is 8.42 Å². The maximum Gasteiger partial charge on any atom is 1.00 e. The van der Waals surface area contributed by atoms with Crippen LogP contribution < -0.4 is 29.6 Å². The van der Waals surface area contributed by atoms with Crippen LogP contribution in [0.4, 0.5) is 0 Å². The molecule has 0 aromatic heterocycles. The molecule has 0 fully saturated rings. The van der Waals surface area contributed by atoms with Crippen molar-refractivity contribution in [1.29, 1.82) is 0 Å². The third-order valence-electron chi connectivity index (χ3n) is 0.909. The van der Waals surface area contributed by atoms with E-state index in [1.807, 2.05) is 0 Å². The smallest absolute Gasteiger partial charge is 0.410 e. The van der Waals surface area contributed by atoms with E-state index in [-0.39, 0.29) is 40.4 Å². The van der Waals surface area contributed by atoms with Crippen LogP contribution in [-0.2, 0) is 22.9 Å². The van der Waals surface area contributed by atoms with Gasteiger partial charge in [-0.25, -0.2) is 0 Å². The Morgan fingerprint density at radius 1 is 1.67 bits per heavy atom. The summed E-state index contributed by atoms with van der Waals surface area (Å²) in [6.07, 6.45) is 0.552. The first-order chi connectivity index (χ1) is 4.89. The molecule has 12 heavy (non-hydrogen) atoms. The van der Waals surface area contributed by atoms with Crippen molar-refractivity contribution in [1.82, 2.24) is 4.31 Å². The van der Waals surface area contributed by atoms with Gasteiger partial charge in [0.05, 0.1) is 0 Å². The summed E-state index contributed by atoms with van der Waals surface area (Å²) >= 11 is 8.86. The first-order valence-electron chi connectivity index (χ1n) is 2.85. The molecule has 0 saturated carbocycles. The minimum absolute atomic E-state index is 0. The Morgan fingerprint density at radius 2 is 2.08 bits per heavy atom. The van der Waals surface area contributed by atoms with Crippen LogP contribution in [0.5, 0.6) is 0 Å². The molecule has 0 saturated heterocycles. The van der Waals surface area contributed by atoms with Crippen molar-refractivity contribution in [3.63, 3.8) is 0 Å². The average molecular weight is 237 g/mol. The number of rotatable bonds is 3. The summed E-state index contributed by atoms with van der Waals surface area (Å²) in [5, 5.41) is 0. The van der Waals surface area contributed by atoms with Crippen molar-refractivity contribution < 1.29 is 42.5 Å². The quantitative estimate of drug-likeness (QED) is 0.251. The fourth-order valence-corrected chi connectivity index (χ4v) is 1.85. The van der Waals surface area contributed by atoms with Gasteiger partial charge in [-0.05, 0) is 10.7 Å². The Kier molecular flexibility index (Phi) is 8.35. The van der Waals surface area contributed by atoms with Crippen LogP contribution in [0.25, 0.3) is 0 Å². The SMILES string of the molecule is CCCN(C(=S)[S-])S(=O)(=O)O.[Na+]. The second-order valence-corrected chi connectivity index (χ2v) is 4.18. The molecule has 0 aliphatic carbocycles. The fourth-order valence-electron chi connectivity index (χ4n) is 0.504. The molecule has 0 spiro atoms. The van der Waals surface area contributed by atoms with E-state index >= 15 is 0 Å². The molecule has 0 bridgehead atoms. The molecule has 0 aromatic carbocycles. The van der Waals surface area contributed by atoms with Gasteiger partial charge in [0.15, 0.2) is 0 Å². The molecule has 8 heteroatoms. The van der Waals surface area contributed by atoms with Gasteiger partial charge in [-0.1, -0.05) is 6.92 Å². The van der Waals surface area contributed by atoms with Gasteiger partial charge in [-0.15, -0.1) is 0 Å². The van der Waals surface area contributed by atoms with Crippen LogP contribution in [0, 0.1) is 0 Å². The standard InChI is InChI=1S/C4H9NO3S3.Na/c1-2-3-5(4(9)10)11(6,7)8;/h2-3H2,1H3,(H,9,10)(H,6,7,8);/q;+1/p-1. The summed E-state index contributed by atoms with van der Waals surface area (Å²) in [6.45, 7) is 1.88. The Bertz CT molecular complexity index is 240. The predicted molar refractivity (Wildman–Crippen MR) is 48.5 cm³/mol. The summed E-state index contributed by atoms with van der Waals surface area (Å²) in [5.74, 6) is 0. The number of hydrogen-bond donors (Lipinski definition) is 1. The Hall–Kier alpha value is 1.02. The van der Waals surface area contributed by atoms with E-state index in [0.29, 0.717) is 10.7 Å². The molecule has 0 heterocycles. The van der Waals surface area contributed by atoms with Crippen LogP contribution in [0.2, 0.25) is 0 Å². The largest absolute Gasteiger partial charge is 1.00 e. The van der Waals surface area contributed by atoms with E-state index in [9.17, 15) is 8.42 Å². The third kappa shape index (κ3) is 5.63. The van der Waals surface area contributed by atoms with Crippen LogP contribution in [0.1, 0.15) is 13.3 Å². The van der Waals surface area contributed by atoms with Gasteiger partial charge in [0, 0.05) is 6.54 Å². The Balaban J connectivity index is 0. The van der Waals surface area contributed by atoms with Crippen molar-refractivity contribution in [2.24, 2.45) is 0 Å². The molecular formula is C4H8NNaO3S3. The molecule has 0 radical (unpaired) electrons. The van der Waals surface area contributed by atoms with Gasteiger partial charge in [0.25, 0.3) is 0 Å². The van der Waals surface area contributed by atoms with E-state index in [1.54, 1.807) is 6.92 Å². The van der Waals surface area contributed by atoms with Gasteiger partial charge in [0.2, 0.25) is 0 Å². The molecule has 66 valence electrons. The van der Waals surface area contributed by atoms with Gasteiger partial charge in [0.1, 0.15) is 0 Å². The van der Waals surface area contributed by atoms with Crippen molar-refractivity contribution in [3.8, 4) is 0 Å².